The fourth-order valence-corrected chi connectivity index (χ4v) is 4.61. The molecule has 0 bridgehead atoms. The van der Waals surface area contributed by atoms with Crippen molar-refractivity contribution in [3.63, 3.8) is 0 Å². The van der Waals surface area contributed by atoms with Crippen LogP contribution in [-0.2, 0) is 4.79 Å². The minimum atomic E-state index is 0.148. The summed E-state index contributed by atoms with van der Waals surface area (Å²) in [6.45, 7) is 3.66. The molecule has 1 amide bonds. The van der Waals surface area contributed by atoms with Gasteiger partial charge in [-0.1, -0.05) is 6.42 Å². The second-order valence-corrected chi connectivity index (χ2v) is 8.76. The summed E-state index contributed by atoms with van der Waals surface area (Å²) >= 11 is 0. The minimum Gasteiger partial charge on any atom is -0.351 e. The van der Waals surface area contributed by atoms with Gasteiger partial charge in [-0.3, -0.25) is 4.79 Å². The van der Waals surface area contributed by atoms with Crippen LogP contribution in [0.25, 0.3) is 5.65 Å². The summed E-state index contributed by atoms with van der Waals surface area (Å²) in [6.07, 6.45) is 5.76. The Morgan fingerprint density at radius 1 is 1.11 bits per heavy atom. The lowest BCUT2D eigenvalue weighted by atomic mass is 9.85. The van der Waals surface area contributed by atoms with Crippen LogP contribution < -0.4 is 4.90 Å². The zero-order valence-electron chi connectivity index (χ0n) is 16.8. The van der Waals surface area contributed by atoms with E-state index in [-0.39, 0.29) is 12.0 Å². The molecule has 2 saturated heterocycles. The highest BCUT2D eigenvalue weighted by Crippen LogP contribution is 2.35. The summed E-state index contributed by atoms with van der Waals surface area (Å²) in [7, 11) is 4.07. The lowest BCUT2D eigenvalue weighted by Gasteiger charge is -2.45. The van der Waals surface area contributed by atoms with Crippen LogP contribution in [0.3, 0.4) is 0 Å². The van der Waals surface area contributed by atoms with Crippen LogP contribution in [0.4, 0.5) is 5.82 Å². The van der Waals surface area contributed by atoms with Crippen LogP contribution in [0.1, 0.15) is 43.8 Å². The number of likely N-dealkylation sites (N-methyl/N-ethyl adjacent to an activating group) is 1. The van der Waals surface area contributed by atoms with Gasteiger partial charge in [-0.05, 0) is 51.4 Å². The van der Waals surface area contributed by atoms with E-state index in [1.807, 2.05) is 28.6 Å². The van der Waals surface area contributed by atoms with E-state index in [0.29, 0.717) is 11.8 Å². The number of fused-ring (bicyclic) bond motifs is 1. The van der Waals surface area contributed by atoms with Gasteiger partial charge in [0.2, 0.25) is 5.91 Å². The highest BCUT2D eigenvalue weighted by atomic mass is 16.2. The zero-order valence-corrected chi connectivity index (χ0v) is 16.8. The molecule has 1 unspecified atom stereocenters. The second-order valence-electron chi connectivity index (χ2n) is 8.76. The van der Waals surface area contributed by atoms with Gasteiger partial charge in [0.1, 0.15) is 5.82 Å². The number of hydrogen-bond acceptors (Lipinski definition) is 6. The van der Waals surface area contributed by atoms with Gasteiger partial charge < -0.3 is 14.7 Å². The molecule has 4 heterocycles. The normalized spacial score (nSPS) is 24.2. The van der Waals surface area contributed by atoms with Gasteiger partial charge in [0.05, 0.1) is 12.0 Å². The molecular formula is C20H29N7O. The van der Waals surface area contributed by atoms with Crippen molar-refractivity contribution in [2.45, 2.75) is 44.1 Å². The largest absolute Gasteiger partial charge is 0.351 e. The van der Waals surface area contributed by atoms with Gasteiger partial charge in [-0.25, -0.2) is 0 Å². The van der Waals surface area contributed by atoms with Gasteiger partial charge in [0.25, 0.3) is 0 Å². The van der Waals surface area contributed by atoms with Crippen LogP contribution in [-0.4, -0.2) is 81.8 Å². The standard InChI is InChI=1S/C20H29N7O/c1-24-10-4-7-15(11-24)20(28)25(2)16-12-26(13-16)18-9-8-17-21-22-19(27(17)23-18)14-5-3-6-14/h8-9,14-16H,3-7,10-13H2,1-2H3. The molecule has 5 rings (SSSR count). The van der Waals surface area contributed by atoms with Crippen molar-refractivity contribution in [2.75, 3.05) is 45.2 Å². The SMILES string of the molecule is CN1CCCC(C(=O)N(C)C2CN(c3ccc4nnc(C5CCC5)n4n3)C2)C1. The van der Waals surface area contributed by atoms with Crippen molar-refractivity contribution in [3.05, 3.63) is 18.0 Å². The quantitative estimate of drug-likeness (QED) is 0.795. The molecule has 8 nitrogen and oxygen atoms in total. The predicted octanol–water partition coefficient (Wildman–Crippen LogP) is 1.38. The molecule has 3 fully saturated rings. The number of carbonyl (C=O) groups is 1. The molecule has 0 spiro atoms. The van der Waals surface area contributed by atoms with Gasteiger partial charge in [0, 0.05) is 32.6 Å². The number of piperidine rings is 1. The summed E-state index contributed by atoms with van der Waals surface area (Å²) < 4.78 is 1.92. The van der Waals surface area contributed by atoms with Crippen molar-refractivity contribution in [2.24, 2.45) is 5.92 Å². The third-order valence-corrected chi connectivity index (χ3v) is 6.80. The highest BCUT2D eigenvalue weighted by Gasteiger charge is 2.36. The lowest BCUT2D eigenvalue weighted by molar-refractivity contribution is -0.138. The smallest absolute Gasteiger partial charge is 0.227 e. The van der Waals surface area contributed by atoms with Gasteiger partial charge >= 0.3 is 0 Å². The monoisotopic (exact) mass is 383 g/mol. The number of hydrogen-bond donors (Lipinski definition) is 0. The van der Waals surface area contributed by atoms with E-state index in [9.17, 15) is 4.79 Å². The van der Waals surface area contributed by atoms with Crippen molar-refractivity contribution in [1.82, 2.24) is 29.6 Å². The van der Waals surface area contributed by atoms with Crippen molar-refractivity contribution in [3.8, 4) is 0 Å². The van der Waals surface area contributed by atoms with Crippen LogP contribution in [0, 0.1) is 5.92 Å². The number of amides is 1. The fraction of sp³-hybridized carbons (Fsp3) is 0.700. The van der Waals surface area contributed by atoms with Gasteiger partial charge in [-0.15, -0.1) is 15.3 Å². The first-order valence-electron chi connectivity index (χ1n) is 10.5. The summed E-state index contributed by atoms with van der Waals surface area (Å²) in [4.78, 5) is 19.3. The van der Waals surface area contributed by atoms with Crippen LogP contribution in [0.2, 0.25) is 0 Å². The highest BCUT2D eigenvalue weighted by molar-refractivity contribution is 5.79. The fourth-order valence-electron chi connectivity index (χ4n) is 4.61. The third kappa shape index (κ3) is 3.03. The number of likely N-dealkylation sites (tertiary alicyclic amines) is 1. The molecule has 0 N–H and O–H groups in total. The number of aromatic nitrogens is 4. The number of anilines is 1. The second kappa shape index (κ2) is 6.99. The topological polar surface area (TPSA) is 69.9 Å². The molecule has 2 aromatic heterocycles. The molecule has 1 aliphatic carbocycles. The summed E-state index contributed by atoms with van der Waals surface area (Å²) in [5.74, 6) is 2.88. The summed E-state index contributed by atoms with van der Waals surface area (Å²) in [5.41, 5.74) is 0.816. The Balaban J connectivity index is 1.24. The number of nitrogens with zero attached hydrogens (tertiary/aromatic N) is 7. The van der Waals surface area contributed by atoms with Crippen LogP contribution in [0.5, 0.6) is 0 Å². The maximum absolute atomic E-state index is 12.9. The van der Waals surface area contributed by atoms with Crippen molar-refractivity contribution >= 4 is 17.4 Å². The Morgan fingerprint density at radius 2 is 1.93 bits per heavy atom. The molecule has 0 radical (unpaired) electrons. The average Bonchev–Trinajstić information content (AvgIpc) is 3.01. The maximum Gasteiger partial charge on any atom is 0.227 e. The molecule has 1 saturated carbocycles. The first-order chi connectivity index (χ1) is 13.6. The van der Waals surface area contributed by atoms with E-state index in [1.165, 1.54) is 19.3 Å². The van der Waals surface area contributed by atoms with E-state index < -0.39 is 0 Å². The molecule has 8 heteroatoms. The van der Waals surface area contributed by atoms with Crippen molar-refractivity contribution < 1.29 is 4.79 Å². The maximum atomic E-state index is 12.9. The van der Waals surface area contributed by atoms with E-state index in [4.69, 9.17) is 5.10 Å². The molecule has 0 aromatic carbocycles. The van der Waals surface area contributed by atoms with Crippen LogP contribution in [0.15, 0.2) is 12.1 Å². The van der Waals surface area contributed by atoms with E-state index in [2.05, 4.69) is 27.0 Å². The Labute approximate surface area is 165 Å². The summed E-state index contributed by atoms with van der Waals surface area (Å²) in [5, 5.41) is 13.4. The Hall–Kier alpha value is -2.22. The van der Waals surface area contributed by atoms with Crippen LogP contribution >= 0.6 is 0 Å². The van der Waals surface area contributed by atoms with E-state index in [1.54, 1.807) is 0 Å². The van der Waals surface area contributed by atoms with Gasteiger partial charge in [-0.2, -0.15) is 4.52 Å². The minimum absolute atomic E-state index is 0.148. The molecule has 2 aromatic rings. The summed E-state index contributed by atoms with van der Waals surface area (Å²) in [6, 6.07) is 4.28. The third-order valence-electron chi connectivity index (χ3n) is 6.80. The molecule has 3 aliphatic rings. The molecule has 150 valence electrons. The Morgan fingerprint density at radius 3 is 2.64 bits per heavy atom. The van der Waals surface area contributed by atoms with Gasteiger partial charge in [0.15, 0.2) is 11.5 Å². The lowest BCUT2D eigenvalue weighted by Crippen LogP contribution is -2.61. The average molecular weight is 384 g/mol. The zero-order chi connectivity index (χ0) is 19.3. The number of rotatable bonds is 4. The predicted molar refractivity (Wildman–Crippen MR) is 106 cm³/mol. The molecule has 2 aliphatic heterocycles. The number of carbonyl (C=O) groups excluding carboxylic acids is 1. The molecule has 28 heavy (non-hydrogen) atoms. The molecule has 1 atom stereocenters. The Kier molecular flexibility index (Phi) is 4.45. The van der Waals surface area contributed by atoms with Crippen molar-refractivity contribution in [1.29, 1.82) is 0 Å². The Bertz CT molecular complexity index is 871. The first-order valence-corrected chi connectivity index (χ1v) is 10.5. The van der Waals surface area contributed by atoms with E-state index >= 15 is 0 Å². The van der Waals surface area contributed by atoms with E-state index in [0.717, 1.165) is 56.3 Å². The molecular weight excluding hydrogens is 354 g/mol. The first kappa shape index (κ1) is 17.8.